The predicted molar refractivity (Wildman–Crippen MR) is 107 cm³/mol. The van der Waals surface area contributed by atoms with E-state index in [1.54, 1.807) is 0 Å². The van der Waals surface area contributed by atoms with Crippen molar-refractivity contribution < 1.29 is 9.90 Å². The summed E-state index contributed by atoms with van der Waals surface area (Å²) < 4.78 is 1.67. The van der Waals surface area contributed by atoms with Gasteiger partial charge >= 0.3 is 5.97 Å². The Morgan fingerprint density at radius 1 is 1.28 bits per heavy atom. The molecule has 8 heteroatoms. The van der Waals surface area contributed by atoms with Gasteiger partial charge in [0, 0.05) is 26.5 Å². The van der Waals surface area contributed by atoms with Crippen molar-refractivity contribution in [3.8, 4) is 10.4 Å². The molecule has 1 aliphatic heterocycles. The molecule has 3 heterocycles. The first-order valence-corrected chi connectivity index (χ1v) is 10.5. The van der Waals surface area contributed by atoms with E-state index in [1.807, 2.05) is 42.1 Å². The third-order valence-electron chi connectivity index (χ3n) is 4.05. The molecule has 0 bridgehead atoms. The highest BCUT2D eigenvalue weighted by molar-refractivity contribution is 9.10. The second-order valence-corrected chi connectivity index (χ2v) is 8.89. The molecule has 0 aliphatic carbocycles. The maximum absolute atomic E-state index is 11.5. The summed E-state index contributed by atoms with van der Waals surface area (Å²) in [5.41, 5.74) is 1.05. The van der Waals surface area contributed by atoms with Crippen LogP contribution in [0.1, 0.15) is 16.9 Å². The van der Waals surface area contributed by atoms with Crippen LogP contribution in [0.25, 0.3) is 20.5 Å². The second-order valence-electron chi connectivity index (χ2n) is 5.77. The van der Waals surface area contributed by atoms with Gasteiger partial charge in [-0.3, -0.25) is 0 Å². The highest BCUT2D eigenvalue weighted by Gasteiger charge is 2.22. The smallest absolute Gasteiger partial charge is 0.357 e. The number of carbonyl (C=O) groups is 1. The Labute approximate surface area is 161 Å². The van der Waals surface area contributed by atoms with Crippen molar-refractivity contribution in [3.63, 3.8) is 0 Å². The lowest BCUT2D eigenvalue weighted by Gasteiger charge is -2.12. The molecule has 1 aliphatic rings. The zero-order valence-corrected chi connectivity index (χ0v) is 16.2. The van der Waals surface area contributed by atoms with Crippen LogP contribution in [-0.4, -0.2) is 38.8 Å². The number of rotatable bonds is 4. The fraction of sp³-hybridized carbons (Fsp3) is 0.235. The summed E-state index contributed by atoms with van der Waals surface area (Å²) in [7, 11) is 0. The molecule has 0 radical (unpaired) electrons. The van der Waals surface area contributed by atoms with Crippen LogP contribution in [0, 0.1) is 0 Å². The number of nitrogens with zero attached hydrogens (tertiary/aromatic N) is 2. The third kappa shape index (κ3) is 3.38. The van der Waals surface area contributed by atoms with Crippen molar-refractivity contribution in [2.24, 2.45) is 0 Å². The third-order valence-corrected chi connectivity index (χ3v) is 6.94. The molecule has 1 unspecified atom stereocenters. The zero-order valence-electron chi connectivity index (χ0n) is 13.0. The normalized spacial score (nSPS) is 17.1. The Bertz CT molecular complexity index is 937. The topological polar surface area (TPSA) is 75.1 Å². The molecular formula is C17H14BrN3O2S2. The number of nitrogens with one attached hydrogen (secondary N) is 1. The molecule has 5 nitrogen and oxygen atoms in total. The largest absolute Gasteiger partial charge is 0.476 e. The van der Waals surface area contributed by atoms with E-state index in [0.29, 0.717) is 16.6 Å². The minimum absolute atomic E-state index is 0.00899. The monoisotopic (exact) mass is 435 g/mol. The van der Waals surface area contributed by atoms with Gasteiger partial charge in [0.05, 0.1) is 4.70 Å². The van der Waals surface area contributed by atoms with Gasteiger partial charge in [0.2, 0.25) is 0 Å². The number of thioether (sulfide) groups is 1. The molecular weight excluding hydrogens is 422 g/mol. The molecule has 1 aromatic carbocycles. The number of anilines is 1. The maximum atomic E-state index is 11.5. The summed E-state index contributed by atoms with van der Waals surface area (Å²) in [4.78, 5) is 12.5. The predicted octanol–water partition coefficient (Wildman–Crippen LogP) is 4.74. The second kappa shape index (κ2) is 6.93. The Hall–Kier alpha value is -1.64. The van der Waals surface area contributed by atoms with E-state index in [1.165, 1.54) is 11.3 Å². The number of fused-ring (bicyclic) bond motifs is 1. The van der Waals surface area contributed by atoms with Crippen molar-refractivity contribution in [2.75, 3.05) is 16.8 Å². The summed E-state index contributed by atoms with van der Waals surface area (Å²) in [5, 5.41) is 21.8. The van der Waals surface area contributed by atoms with E-state index in [-0.39, 0.29) is 5.69 Å². The average molecular weight is 436 g/mol. The standard InChI is InChI=1S/C17H14BrN3O2S2/c18-10-3-1-9(2-4-10)13-7-12-15(25-13)14(17(22)23)20-21-16(12)19-11-5-6-24-8-11/h1-4,7,11H,5-6,8H2,(H,19,21)(H,22,23). The molecule has 1 atom stereocenters. The number of aromatic nitrogens is 2. The van der Waals surface area contributed by atoms with Crippen LogP contribution in [0.5, 0.6) is 0 Å². The number of halogens is 1. The number of hydrogen-bond acceptors (Lipinski definition) is 6. The number of benzene rings is 1. The van der Waals surface area contributed by atoms with Crippen LogP contribution in [0.2, 0.25) is 0 Å². The number of thiophene rings is 1. The van der Waals surface area contributed by atoms with Gasteiger partial charge in [0.1, 0.15) is 0 Å². The zero-order chi connectivity index (χ0) is 17.4. The molecule has 1 fully saturated rings. The summed E-state index contributed by atoms with van der Waals surface area (Å²) in [6, 6.07) is 10.3. The van der Waals surface area contributed by atoms with E-state index in [4.69, 9.17) is 0 Å². The highest BCUT2D eigenvalue weighted by atomic mass is 79.9. The Kier molecular flexibility index (Phi) is 4.66. The molecule has 0 saturated carbocycles. The van der Waals surface area contributed by atoms with E-state index in [2.05, 4.69) is 31.4 Å². The van der Waals surface area contributed by atoms with Crippen LogP contribution in [-0.2, 0) is 0 Å². The van der Waals surface area contributed by atoms with Gasteiger partial charge in [-0.1, -0.05) is 28.1 Å². The van der Waals surface area contributed by atoms with Crippen molar-refractivity contribution in [3.05, 3.63) is 40.5 Å². The molecule has 25 heavy (non-hydrogen) atoms. The fourth-order valence-electron chi connectivity index (χ4n) is 2.79. The van der Waals surface area contributed by atoms with Gasteiger partial charge in [0.15, 0.2) is 11.5 Å². The molecule has 128 valence electrons. The Morgan fingerprint density at radius 2 is 2.08 bits per heavy atom. The first kappa shape index (κ1) is 16.8. The summed E-state index contributed by atoms with van der Waals surface area (Å²) in [5.74, 6) is 1.79. The lowest BCUT2D eigenvalue weighted by atomic mass is 10.1. The first-order valence-electron chi connectivity index (χ1n) is 7.75. The summed E-state index contributed by atoms with van der Waals surface area (Å²) in [6.07, 6.45) is 1.08. The highest BCUT2D eigenvalue weighted by Crippen LogP contribution is 2.38. The summed E-state index contributed by atoms with van der Waals surface area (Å²) >= 11 is 6.79. The van der Waals surface area contributed by atoms with E-state index < -0.39 is 5.97 Å². The molecule has 1 saturated heterocycles. The van der Waals surface area contributed by atoms with Gasteiger partial charge in [0.25, 0.3) is 0 Å². The van der Waals surface area contributed by atoms with Gasteiger partial charge in [-0.25, -0.2) is 4.79 Å². The van der Waals surface area contributed by atoms with E-state index in [9.17, 15) is 9.90 Å². The minimum atomic E-state index is -1.05. The lowest BCUT2D eigenvalue weighted by molar-refractivity contribution is 0.0692. The summed E-state index contributed by atoms with van der Waals surface area (Å²) in [6.45, 7) is 0. The Balaban J connectivity index is 1.82. The Morgan fingerprint density at radius 3 is 2.76 bits per heavy atom. The van der Waals surface area contributed by atoms with Crippen molar-refractivity contribution >= 4 is 60.9 Å². The van der Waals surface area contributed by atoms with Gasteiger partial charge < -0.3 is 10.4 Å². The SMILES string of the molecule is O=C(O)c1nnc(NC2CCSC2)c2cc(-c3ccc(Br)cc3)sc12. The lowest BCUT2D eigenvalue weighted by Crippen LogP contribution is -2.19. The van der Waals surface area contributed by atoms with Crippen molar-refractivity contribution in [2.45, 2.75) is 12.5 Å². The minimum Gasteiger partial charge on any atom is -0.476 e. The molecule has 3 aromatic rings. The molecule has 2 aromatic heterocycles. The average Bonchev–Trinajstić information content (AvgIpc) is 3.25. The van der Waals surface area contributed by atoms with Gasteiger partial charge in [-0.15, -0.1) is 21.5 Å². The molecule has 0 spiro atoms. The quantitative estimate of drug-likeness (QED) is 0.616. The number of aromatic carboxylic acids is 1. The number of carboxylic acid groups (broad SMARTS) is 1. The van der Waals surface area contributed by atoms with Crippen molar-refractivity contribution in [1.29, 1.82) is 0 Å². The molecule has 4 rings (SSSR count). The van der Waals surface area contributed by atoms with E-state index >= 15 is 0 Å². The van der Waals surface area contributed by atoms with E-state index in [0.717, 1.165) is 38.2 Å². The first-order chi connectivity index (χ1) is 12.1. The maximum Gasteiger partial charge on any atom is 0.357 e. The molecule has 0 amide bonds. The fourth-order valence-corrected chi connectivity index (χ4v) is 5.34. The van der Waals surface area contributed by atoms with Crippen LogP contribution < -0.4 is 5.32 Å². The number of carboxylic acids is 1. The van der Waals surface area contributed by atoms with Crippen LogP contribution in [0.4, 0.5) is 5.82 Å². The van der Waals surface area contributed by atoms with Crippen LogP contribution >= 0.6 is 39.0 Å². The van der Waals surface area contributed by atoms with Gasteiger partial charge in [-0.05, 0) is 35.9 Å². The van der Waals surface area contributed by atoms with Crippen molar-refractivity contribution in [1.82, 2.24) is 10.2 Å². The van der Waals surface area contributed by atoms with Crippen LogP contribution in [0.15, 0.2) is 34.8 Å². The number of hydrogen-bond donors (Lipinski definition) is 2. The van der Waals surface area contributed by atoms with Crippen LogP contribution in [0.3, 0.4) is 0 Å². The molecule has 2 N–H and O–H groups in total. The van der Waals surface area contributed by atoms with Gasteiger partial charge in [-0.2, -0.15) is 11.8 Å².